The van der Waals surface area contributed by atoms with E-state index in [1.165, 1.54) is 23.2 Å². The Morgan fingerprint density at radius 2 is 2.25 bits per heavy atom. The molecule has 0 radical (unpaired) electrons. The van der Waals surface area contributed by atoms with E-state index in [4.69, 9.17) is 5.26 Å². The van der Waals surface area contributed by atoms with E-state index in [0.29, 0.717) is 12.2 Å². The third kappa shape index (κ3) is 2.12. The largest absolute Gasteiger partial charge is 0.295 e. The van der Waals surface area contributed by atoms with Crippen molar-refractivity contribution in [2.45, 2.75) is 6.54 Å². The zero-order valence-corrected chi connectivity index (χ0v) is 8.37. The van der Waals surface area contributed by atoms with Gasteiger partial charge in [-0.15, -0.1) is 0 Å². The molecule has 2 aromatic heterocycles. The van der Waals surface area contributed by atoms with Crippen molar-refractivity contribution in [1.29, 1.82) is 5.26 Å². The van der Waals surface area contributed by atoms with Crippen LogP contribution in [-0.2, 0) is 6.54 Å². The van der Waals surface area contributed by atoms with E-state index in [-0.39, 0.29) is 5.56 Å². The summed E-state index contributed by atoms with van der Waals surface area (Å²) in [6, 6.07) is 6.77. The highest BCUT2D eigenvalue weighted by Gasteiger charge is 1.99. The molecule has 0 saturated carbocycles. The van der Waals surface area contributed by atoms with Crippen molar-refractivity contribution in [3.8, 4) is 6.07 Å². The fourth-order valence-corrected chi connectivity index (χ4v) is 1.33. The molecule has 2 rings (SSSR count). The van der Waals surface area contributed by atoms with Crippen molar-refractivity contribution >= 4 is 0 Å². The van der Waals surface area contributed by atoms with Crippen molar-refractivity contribution in [2.75, 3.05) is 0 Å². The molecule has 2 heterocycles. The monoisotopic (exact) mass is 212 g/mol. The molecule has 2 aromatic rings. The minimum absolute atomic E-state index is 0.120. The summed E-state index contributed by atoms with van der Waals surface area (Å²) < 4.78 is 1.47. The van der Waals surface area contributed by atoms with Gasteiger partial charge < -0.3 is 0 Å². The van der Waals surface area contributed by atoms with Gasteiger partial charge in [-0.3, -0.25) is 9.36 Å². The van der Waals surface area contributed by atoms with Crippen LogP contribution in [0, 0.1) is 11.3 Å². The standard InChI is InChI=1S/C11H8N4O/c12-6-10-5-9(1-4-14-10)7-15-8-13-3-2-11(15)16/h1-5,8H,7H2. The molecule has 0 aliphatic heterocycles. The number of nitriles is 1. The maximum Gasteiger partial charge on any atom is 0.253 e. The number of rotatable bonds is 2. The van der Waals surface area contributed by atoms with Crippen molar-refractivity contribution in [3.63, 3.8) is 0 Å². The van der Waals surface area contributed by atoms with Crippen LogP contribution in [0.4, 0.5) is 0 Å². The molecule has 0 N–H and O–H groups in total. The van der Waals surface area contributed by atoms with Gasteiger partial charge in [0.2, 0.25) is 0 Å². The van der Waals surface area contributed by atoms with E-state index < -0.39 is 0 Å². The van der Waals surface area contributed by atoms with Gasteiger partial charge in [-0.1, -0.05) is 0 Å². The molecular formula is C11H8N4O. The Morgan fingerprint density at radius 3 is 3.00 bits per heavy atom. The van der Waals surface area contributed by atoms with Gasteiger partial charge in [0.25, 0.3) is 5.56 Å². The Hall–Kier alpha value is -2.48. The van der Waals surface area contributed by atoms with E-state index in [1.807, 2.05) is 6.07 Å². The number of nitrogens with zero attached hydrogens (tertiary/aromatic N) is 4. The van der Waals surface area contributed by atoms with Crippen molar-refractivity contribution in [2.24, 2.45) is 0 Å². The highest BCUT2D eigenvalue weighted by molar-refractivity contribution is 5.25. The lowest BCUT2D eigenvalue weighted by atomic mass is 10.2. The third-order valence-corrected chi connectivity index (χ3v) is 2.08. The molecule has 0 amide bonds. The summed E-state index contributed by atoms with van der Waals surface area (Å²) in [4.78, 5) is 19.1. The maximum atomic E-state index is 11.4. The number of hydrogen-bond acceptors (Lipinski definition) is 4. The second-order valence-corrected chi connectivity index (χ2v) is 3.21. The Labute approximate surface area is 91.6 Å². The van der Waals surface area contributed by atoms with Gasteiger partial charge in [-0.05, 0) is 17.7 Å². The third-order valence-electron chi connectivity index (χ3n) is 2.08. The lowest BCUT2D eigenvalue weighted by Crippen LogP contribution is -2.19. The first kappa shape index (κ1) is 10.1. The summed E-state index contributed by atoms with van der Waals surface area (Å²) in [5, 5.41) is 8.69. The van der Waals surface area contributed by atoms with E-state index in [0.717, 1.165) is 5.56 Å². The lowest BCUT2D eigenvalue weighted by Gasteiger charge is -2.03. The Balaban J connectivity index is 2.32. The highest BCUT2D eigenvalue weighted by Crippen LogP contribution is 2.01. The van der Waals surface area contributed by atoms with Gasteiger partial charge in [0.1, 0.15) is 11.8 Å². The predicted octanol–water partition coefficient (Wildman–Crippen LogP) is 0.558. The van der Waals surface area contributed by atoms with Crippen LogP contribution in [0.3, 0.4) is 0 Å². The minimum Gasteiger partial charge on any atom is -0.295 e. The quantitative estimate of drug-likeness (QED) is 0.729. The molecule has 5 heteroatoms. The first-order chi connectivity index (χ1) is 7.79. The molecular weight excluding hydrogens is 204 g/mol. The maximum absolute atomic E-state index is 11.4. The Morgan fingerprint density at radius 1 is 1.38 bits per heavy atom. The van der Waals surface area contributed by atoms with E-state index in [2.05, 4.69) is 9.97 Å². The van der Waals surface area contributed by atoms with Crippen LogP contribution in [-0.4, -0.2) is 14.5 Å². The minimum atomic E-state index is -0.120. The second-order valence-electron chi connectivity index (χ2n) is 3.21. The molecule has 0 aromatic carbocycles. The first-order valence-electron chi connectivity index (χ1n) is 4.65. The van der Waals surface area contributed by atoms with Gasteiger partial charge in [-0.25, -0.2) is 9.97 Å². The molecule has 0 atom stereocenters. The summed E-state index contributed by atoms with van der Waals surface area (Å²) in [6.07, 6.45) is 4.47. The molecule has 5 nitrogen and oxygen atoms in total. The van der Waals surface area contributed by atoms with Crippen molar-refractivity contribution < 1.29 is 0 Å². The fraction of sp³-hybridized carbons (Fsp3) is 0.0909. The van der Waals surface area contributed by atoms with Crippen LogP contribution >= 0.6 is 0 Å². The summed E-state index contributed by atoms with van der Waals surface area (Å²) in [5.74, 6) is 0. The van der Waals surface area contributed by atoms with Gasteiger partial charge in [0.05, 0.1) is 12.9 Å². The van der Waals surface area contributed by atoms with E-state index >= 15 is 0 Å². The summed E-state index contributed by atoms with van der Waals surface area (Å²) in [6.45, 7) is 0.393. The molecule has 0 unspecified atom stereocenters. The normalized spacial score (nSPS) is 9.69. The molecule has 0 aliphatic rings. The van der Waals surface area contributed by atoms with Gasteiger partial charge in [-0.2, -0.15) is 5.26 Å². The average molecular weight is 212 g/mol. The number of pyridine rings is 1. The molecule has 0 spiro atoms. The molecule has 0 bridgehead atoms. The summed E-state index contributed by atoms with van der Waals surface area (Å²) in [5.41, 5.74) is 1.07. The molecule has 0 aliphatic carbocycles. The lowest BCUT2D eigenvalue weighted by molar-refractivity contribution is 0.734. The molecule has 16 heavy (non-hydrogen) atoms. The van der Waals surface area contributed by atoms with Crippen LogP contribution in [0.1, 0.15) is 11.3 Å². The molecule has 0 fully saturated rings. The topological polar surface area (TPSA) is 71.6 Å². The molecule has 78 valence electrons. The van der Waals surface area contributed by atoms with Crippen LogP contribution in [0.2, 0.25) is 0 Å². The zero-order valence-electron chi connectivity index (χ0n) is 8.37. The van der Waals surface area contributed by atoms with Crippen molar-refractivity contribution in [3.05, 3.63) is 58.5 Å². The van der Waals surface area contributed by atoms with E-state index in [1.54, 1.807) is 18.3 Å². The summed E-state index contributed by atoms with van der Waals surface area (Å²) in [7, 11) is 0. The SMILES string of the molecule is N#Cc1cc(Cn2cnccc2=O)ccn1. The Kier molecular flexibility index (Phi) is 2.74. The fourth-order valence-electron chi connectivity index (χ4n) is 1.33. The molecule has 0 saturated heterocycles. The smallest absolute Gasteiger partial charge is 0.253 e. The van der Waals surface area contributed by atoms with Gasteiger partial charge in [0.15, 0.2) is 0 Å². The Bertz CT molecular complexity index is 597. The van der Waals surface area contributed by atoms with E-state index in [9.17, 15) is 4.79 Å². The highest BCUT2D eigenvalue weighted by atomic mass is 16.1. The van der Waals surface area contributed by atoms with Crippen LogP contribution in [0.5, 0.6) is 0 Å². The number of aromatic nitrogens is 3. The number of hydrogen-bond donors (Lipinski definition) is 0. The van der Waals surface area contributed by atoms with Crippen LogP contribution in [0.25, 0.3) is 0 Å². The van der Waals surface area contributed by atoms with Crippen LogP contribution in [0.15, 0.2) is 41.7 Å². The van der Waals surface area contributed by atoms with Crippen molar-refractivity contribution in [1.82, 2.24) is 14.5 Å². The zero-order chi connectivity index (χ0) is 11.4. The second kappa shape index (κ2) is 4.36. The van der Waals surface area contributed by atoms with Gasteiger partial charge >= 0.3 is 0 Å². The first-order valence-corrected chi connectivity index (χ1v) is 4.65. The predicted molar refractivity (Wildman–Crippen MR) is 56.6 cm³/mol. The van der Waals surface area contributed by atoms with Crippen LogP contribution < -0.4 is 5.56 Å². The summed E-state index contributed by atoms with van der Waals surface area (Å²) >= 11 is 0. The average Bonchev–Trinajstić information content (AvgIpc) is 2.32. The van der Waals surface area contributed by atoms with Gasteiger partial charge in [0, 0.05) is 18.5 Å².